The van der Waals surface area contributed by atoms with E-state index in [4.69, 9.17) is 0 Å². The van der Waals surface area contributed by atoms with Crippen molar-refractivity contribution in [2.45, 2.75) is 13.8 Å². The lowest BCUT2D eigenvalue weighted by Gasteiger charge is -2.24. The van der Waals surface area contributed by atoms with E-state index in [0.29, 0.717) is 5.69 Å². The Hall–Kier alpha value is -2.21. The van der Waals surface area contributed by atoms with Crippen molar-refractivity contribution in [3.05, 3.63) is 46.4 Å². The number of benzene rings is 2. The lowest BCUT2D eigenvalue weighted by atomic mass is 10.1. The molecule has 0 atom stereocenters. The van der Waals surface area contributed by atoms with Crippen LogP contribution in [0.3, 0.4) is 0 Å². The van der Waals surface area contributed by atoms with Crippen LogP contribution in [0.25, 0.3) is 0 Å². The van der Waals surface area contributed by atoms with E-state index < -0.39 is 5.91 Å². The maximum atomic E-state index is 12.4. The summed E-state index contributed by atoms with van der Waals surface area (Å²) in [6.45, 7) is 5.74. The van der Waals surface area contributed by atoms with Crippen LogP contribution in [0.5, 0.6) is 11.5 Å². The second-order valence-corrected chi connectivity index (χ2v) is 5.77. The van der Waals surface area contributed by atoms with Crippen molar-refractivity contribution in [1.29, 1.82) is 0 Å². The Kier molecular flexibility index (Phi) is 5.50. The van der Waals surface area contributed by atoms with E-state index in [9.17, 15) is 15.0 Å². The van der Waals surface area contributed by atoms with Crippen LogP contribution in [0.1, 0.15) is 24.2 Å². The van der Waals surface area contributed by atoms with E-state index in [0.717, 1.165) is 18.8 Å². The van der Waals surface area contributed by atoms with E-state index in [1.807, 2.05) is 38.1 Å². The minimum Gasteiger partial charge on any atom is -0.507 e. The fourth-order valence-electron chi connectivity index (χ4n) is 2.34. The first-order chi connectivity index (χ1) is 11.0. The van der Waals surface area contributed by atoms with Gasteiger partial charge in [0.25, 0.3) is 5.91 Å². The molecule has 2 aromatic rings. The molecule has 0 radical (unpaired) electrons. The Morgan fingerprint density at radius 1 is 1.13 bits per heavy atom. The highest BCUT2D eigenvalue weighted by molar-refractivity contribution is 9.10. The largest absolute Gasteiger partial charge is 0.507 e. The maximum Gasteiger partial charge on any atom is 0.255 e. The number of anilines is 2. The Balaban J connectivity index is 2.31. The Bertz CT molecular complexity index is 692. The van der Waals surface area contributed by atoms with Gasteiger partial charge >= 0.3 is 0 Å². The highest BCUT2D eigenvalue weighted by Crippen LogP contribution is 2.34. The third-order valence-electron chi connectivity index (χ3n) is 3.55. The number of carbonyl (C=O) groups excluding carboxylic acids is 1. The van der Waals surface area contributed by atoms with Crippen molar-refractivity contribution in [1.82, 2.24) is 0 Å². The highest BCUT2D eigenvalue weighted by Gasteiger charge is 2.15. The van der Waals surface area contributed by atoms with Crippen molar-refractivity contribution < 1.29 is 15.0 Å². The average molecular weight is 379 g/mol. The summed E-state index contributed by atoms with van der Waals surface area (Å²) < 4.78 is 0.164. The molecule has 2 aromatic carbocycles. The predicted octanol–water partition coefficient (Wildman–Crippen LogP) is 3.96. The van der Waals surface area contributed by atoms with Crippen molar-refractivity contribution in [2.24, 2.45) is 0 Å². The number of rotatable bonds is 5. The first-order valence-corrected chi connectivity index (χ1v) is 8.14. The molecule has 122 valence electrons. The van der Waals surface area contributed by atoms with E-state index in [2.05, 4.69) is 26.1 Å². The Morgan fingerprint density at radius 3 is 2.26 bits per heavy atom. The normalized spacial score (nSPS) is 10.4. The molecular weight excluding hydrogens is 360 g/mol. The molecule has 0 aliphatic heterocycles. The summed E-state index contributed by atoms with van der Waals surface area (Å²) in [6, 6.07) is 10.1. The molecule has 5 nitrogen and oxygen atoms in total. The summed E-state index contributed by atoms with van der Waals surface area (Å²) in [5.74, 6) is -0.776. The van der Waals surface area contributed by atoms with Gasteiger partial charge in [0.05, 0.1) is 11.4 Å². The highest BCUT2D eigenvalue weighted by atomic mass is 79.9. The van der Waals surface area contributed by atoms with E-state index >= 15 is 0 Å². The van der Waals surface area contributed by atoms with Gasteiger partial charge in [-0.1, -0.05) is 12.1 Å². The first kappa shape index (κ1) is 17.1. The third kappa shape index (κ3) is 3.76. The monoisotopic (exact) mass is 378 g/mol. The van der Waals surface area contributed by atoms with Crippen LogP contribution in [0.2, 0.25) is 0 Å². The zero-order valence-electron chi connectivity index (χ0n) is 13.0. The quantitative estimate of drug-likeness (QED) is 0.736. The molecule has 23 heavy (non-hydrogen) atoms. The number of halogens is 1. The Morgan fingerprint density at radius 2 is 1.70 bits per heavy atom. The van der Waals surface area contributed by atoms with Crippen LogP contribution in [0, 0.1) is 0 Å². The van der Waals surface area contributed by atoms with Gasteiger partial charge in [-0.05, 0) is 54.0 Å². The van der Waals surface area contributed by atoms with Gasteiger partial charge in [-0.25, -0.2) is 0 Å². The predicted molar refractivity (Wildman–Crippen MR) is 95.4 cm³/mol. The zero-order chi connectivity index (χ0) is 17.0. The van der Waals surface area contributed by atoms with Crippen molar-refractivity contribution in [3.8, 4) is 11.5 Å². The lowest BCUT2D eigenvalue weighted by Crippen LogP contribution is -2.24. The molecular formula is C17H19BrN2O3. The van der Waals surface area contributed by atoms with Gasteiger partial charge in [-0.3, -0.25) is 4.79 Å². The number of hydrogen-bond donors (Lipinski definition) is 3. The fourth-order valence-corrected chi connectivity index (χ4v) is 2.57. The van der Waals surface area contributed by atoms with Crippen LogP contribution in [-0.4, -0.2) is 29.2 Å². The van der Waals surface area contributed by atoms with Gasteiger partial charge in [0.15, 0.2) is 0 Å². The Labute approximate surface area is 143 Å². The van der Waals surface area contributed by atoms with Crippen LogP contribution >= 0.6 is 15.9 Å². The van der Waals surface area contributed by atoms with Crippen molar-refractivity contribution in [3.63, 3.8) is 0 Å². The van der Waals surface area contributed by atoms with Crippen LogP contribution in [0.4, 0.5) is 11.4 Å². The zero-order valence-corrected chi connectivity index (χ0v) is 14.6. The average Bonchev–Trinajstić information content (AvgIpc) is 2.54. The van der Waals surface area contributed by atoms with Crippen LogP contribution < -0.4 is 10.2 Å². The molecule has 0 saturated carbocycles. The minimum atomic E-state index is -0.400. The molecule has 2 rings (SSSR count). The molecule has 6 heteroatoms. The van der Waals surface area contributed by atoms with E-state index in [1.54, 1.807) is 0 Å². The number of phenolic OH excluding ortho intramolecular Hbond substituents is 2. The van der Waals surface area contributed by atoms with Gasteiger partial charge in [-0.2, -0.15) is 0 Å². The number of nitrogens with zero attached hydrogens (tertiary/aromatic N) is 1. The first-order valence-electron chi connectivity index (χ1n) is 7.34. The standard InChI is InChI=1S/C17H19BrN2O3/c1-3-20(4-2)13-8-6-5-7-12(13)19-17(23)11-9-14(21)16(18)15(22)10-11/h5-10,21-22H,3-4H2,1-2H3,(H,19,23). The second-order valence-electron chi connectivity index (χ2n) is 4.97. The second kappa shape index (κ2) is 7.37. The minimum absolute atomic E-state index is 0.164. The molecule has 0 aliphatic carbocycles. The molecule has 0 fully saturated rings. The van der Waals surface area contributed by atoms with Crippen molar-refractivity contribution >= 4 is 33.2 Å². The number of hydrogen-bond acceptors (Lipinski definition) is 4. The maximum absolute atomic E-state index is 12.4. The SMILES string of the molecule is CCN(CC)c1ccccc1NC(=O)c1cc(O)c(Br)c(O)c1. The molecule has 0 unspecified atom stereocenters. The number of phenols is 2. The van der Waals surface area contributed by atoms with Gasteiger partial charge in [0.1, 0.15) is 16.0 Å². The number of aromatic hydroxyl groups is 2. The topological polar surface area (TPSA) is 72.8 Å². The lowest BCUT2D eigenvalue weighted by molar-refractivity contribution is 0.102. The molecule has 0 heterocycles. The van der Waals surface area contributed by atoms with Gasteiger partial charge in [0.2, 0.25) is 0 Å². The number of nitrogens with one attached hydrogen (secondary N) is 1. The molecule has 0 spiro atoms. The molecule has 3 N–H and O–H groups in total. The summed E-state index contributed by atoms with van der Waals surface area (Å²) in [5, 5.41) is 22.3. The summed E-state index contributed by atoms with van der Waals surface area (Å²) in [6.07, 6.45) is 0. The summed E-state index contributed by atoms with van der Waals surface area (Å²) in [7, 11) is 0. The smallest absolute Gasteiger partial charge is 0.255 e. The van der Waals surface area contributed by atoms with Gasteiger partial charge in [-0.15, -0.1) is 0 Å². The number of para-hydroxylation sites is 2. The molecule has 0 aromatic heterocycles. The summed E-state index contributed by atoms with van der Waals surface area (Å²) in [5.41, 5.74) is 1.79. The van der Waals surface area contributed by atoms with Crippen LogP contribution in [0.15, 0.2) is 40.9 Å². The summed E-state index contributed by atoms with van der Waals surface area (Å²) >= 11 is 3.04. The molecule has 0 saturated heterocycles. The van der Waals surface area contributed by atoms with Crippen molar-refractivity contribution in [2.75, 3.05) is 23.3 Å². The number of carbonyl (C=O) groups is 1. The van der Waals surface area contributed by atoms with Crippen LogP contribution in [-0.2, 0) is 0 Å². The van der Waals surface area contributed by atoms with E-state index in [-0.39, 0.29) is 21.5 Å². The molecule has 0 bridgehead atoms. The molecule has 0 aliphatic rings. The fraction of sp³-hybridized carbons (Fsp3) is 0.235. The summed E-state index contributed by atoms with van der Waals surface area (Å²) in [4.78, 5) is 14.5. The molecule has 1 amide bonds. The van der Waals surface area contributed by atoms with Gasteiger partial charge < -0.3 is 20.4 Å². The van der Waals surface area contributed by atoms with Gasteiger partial charge in [0, 0.05) is 18.7 Å². The third-order valence-corrected chi connectivity index (χ3v) is 4.37. The number of amides is 1. The van der Waals surface area contributed by atoms with E-state index in [1.165, 1.54) is 12.1 Å².